The Labute approximate surface area is 152 Å². The van der Waals surface area contributed by atoms with Crippen molar-refractivity contribution in [3.05, 3.63) is 58.6 Å². The van der Waals surface area contributed by atoms with Crippen LogP contribution in [0.5, 0.6) is 5.75 Å². The molecular formula is C17H14BrN3O2S. The number of Topliss-reactive ketones (excluding diaryl/α,β-unsaturated/α-hetero) is 1. The minimum absolute atomic E-state index is 0.0234. The third-order valence-corrected chi connectivity index (χ3v) is 4.87. The molecule has 3 rings (SSSR count). The van der Waals surface area contributed by atoms with Gasteiger partial charge in [0.1, 0.15) is 5.75 Å². The van der Waals surface area contributed by atoms with Crippen molar-refractivity contribution < 1.29 is 9.53 Å². The fourth-order valence-corrected chi connectivity index (χ4v) is 3.32. The van der Waals surface area contributed by atoms with Gasteiger partial charge in [0.05, 0.1) is 18.4 Å². The predicted octanol–water partition coefficient (Wildman–Crippen LogP) is 4.22. The van der Waals surface area contributed by atoms with Crippen molar-refractivity contribution >= 4 is 33.5 Å². The highest BCUT2D eigenvalue weighted by Crippen LogP contribution is 2.27. The molecular weight excluding hydrogens is 390 g/mol. The van der Waals surface area contributed by atoms with Gasteiger partial charge in [-0.3, -0.25) is 9.89 Å². The molecule has 1 heterocycles. The van der Waals surface area contributed by atoms with E-state index in [9.17, 15) is 4.79 Å². The third-order valence-electron chi connectivity index (χ3n) is 3.33. The lowest BCUT2D eigenvalue weighted by molar-refractivity contribution is 0.101. The Hall–Kier alpha value is -2.12. The van der Waals surface area contributed by atoms with Crippen LogP contribution in [0, 0.1) is 0 Å². The van der Waals surface area contributed by atoms with Crippen LogP contribution in [-0.2, 0) is 0 Å². The molecule has 0 atom stereocenters. The summed E-state index contributed by atoms with van der Waals surface area (Å²) in [5.41, 5.74) is 1.49. The van der Waals surface area contributed by atoms with E-state index < -0.39 is 0 Å². The molecule has 122 valence electrons. The normalized spacial score (nSPS) is 10.6. The first-order valence-electron chi connectivity index (χ1n) is 7.15. The second-order valence-electron chi connectivity index (χ2n) is 4.86. The van der Waals surface area contributed by atoms with Crippen LogP contribution >= 0.6 is 27.7 Å². The van der Waals surface area contributed by atoms with Crippen molar-refractivity contribution in [2.75, 3.05) is 12.9 Å². The lowest BCUT2D eigenvalue weighted by Crippen LogP contribution is -2.05. The quantitative estimate of drug-likeness (QED) is 0.492. The molecule has 3 aromatic rings. The zero-order valence-corrected chi connectivity index (χ0v) is 15.2. The minimum atomic E-state index is -0.0234. The van der Waals surface area contributed by atoms with Crippen molar-refractivity contribution in [1.29, 1.82) is 0 Å². The van der Waals surface area contributed by atoms with Crippen LogP contribution in [-0.4, -0.2) is 33.8 Å². The number of hydrogen-bond donors (Lipinski definition) is 1. The number of aromatic nitrogens is 3. The topological polar surface area (TPSA) is 67.9 Å². The Morgan fingerprint density at radius 3 is 2.75 bits per heavy atom. The molecule has 5 nitrogen and oxygen atoms in total. The van der Waals surface area contributed by atoms with Gasteiger partial charge in [-0.05, 0) is 18.2 Å². The molecule has 24 heavy (non-hydrogen) atoms. The van der Waals surface area contributed by atoms with Crippen molar-refractivity contribution in [2.45, 2.75) is 5.16 Å². The lowest BCUT2D eigenvalue weighted by atomic mass is 10.1. The number of carbonyl (C=O) groups excluding carboxylic acids is 1. The largest absolute Gasteiger partial charge is 0.496 e. The van der Waals surface area contributed by atoms with Crippen molar-refractivity contribution in [2.24, 2.45) is 0 Å². The van der Waals surface area contributed by atoms with Crippen molar-refractivity contribution in [1.82, 2.24) is 15.2 Å². The summed E-state index contributed by atoms with van der Waals surface area (Å²) in [6.45, 7) is 0. The number of halogens is 1. The van der Waals surface area contributed by atoms with Crippen LogP contribution in [0.15, 0.2) is 58.2 Å². The number of hydrogen-bond acceptors (Lipinski definition) is 5. The van der Waals surface area contributed by atoms with E-state index in [1.807, 2.05) is 36.4 Å². The smallest absolute Gasteiger partial charge is 0.209 e. The van der Waals surface area contributed by atoms with Crippen LogP contribution in [0.4, 0.5) is 0 Å². The van der Waals surface area contributed by atoms with Gasteiger partial charge in [-0.25, -0.2) is 4.98 Å². The summed E-state index contributed by atoms with van der Waals surface area (Å²) in [5.74, 6) is 1.46. The second-order valence-corrected chi connectivity index (χ2v) is 6.66. The Morgan fingerprint density at radius 1 is 1.21 bits per heavy atom. The summed E-state index contributed by atoms with van der Waals surface area (Å²) in [7, 11) is 1.55. The average Bonchev–Trinajstić information content (AvgIpc) is 3.08. The van der Waals surface area contributed by atoms with Crippen LogP contribution < -0.4 is 4.74 Å². The first-order chi connectivity index (χ1) is 11.7. The molecule has 0 spiro atoms. The van der Waals surface area contributed by atoms with E-state index >= 15 is 0 Å². The van der Waals surface area contributed by atoms with Crippen LogP contribution in [0.25, 0.3) is 11.4 Å². The first-order valence-corrected chi connectivity index (χ1v) is 8.93. The summed E-state index contributed by atoms with van der Waals surface area (Å²) >= 11 is 4.78. The summed E-state index contributed by atoms with van der Waals surface area (Å²) < 4.78 is 6.15. The van der Waals surface area contributed by atoms with Gasteiger partial charge in [0.2, 0.25) is 5.16 Å². The Bertz CT molecular complexity index is 866. The molecule has 1 N–H and O–H groups in total. The number of carbonyl (C=O) groups is 1. The Kier molecular flexibility index (Phi) is 5.32. The van der Waals surface area contributed by atoms with Gasteiger partial charge in [-0.2, -0.15) is 0 Å². The first kappa shape index (κ1) is 16.7. The molecule has 2 aromatic carbocycles. The van der Waals surface area contributed by atoms with Crippen LogP contribution in [0.1, 0.15) is 10.4 Å². The summed E-state index contributed by atoms with van der Waals surface area (Å²) in [5, 5.41) is 7.60. The minimum Gasteiger partial charge on any atom is -0.496 e. The molecule has 0 aliphatic carbocycles. The monoisotopic (exact) mass is 403 g/mol. The predicted molar refractivity (Wildman–Crippen MR) is 97.6 cm³/mol. The number of nitrogens with one attached hydrogen (secondary N) is 1. The average molecular weight is 404 g/mol. The van der Waals surface area contributed by atoms with Gasteiger partial charge >= 0.3 is 0 Å². The van der Waals surface area contributed by atoms with Crippen LogP contribution in [0.3, 0.4) is 0 Å². The van der Waals surface area contributed by atoms with E-state index in [-0.39, 0.29) is 11.5 Å². The molecule has 0 saturated carbocycles. The summed E-state index contributed by atoms with van der Waals surface area (Å²) in [6.07, 6.45) is 0. The van der Waals surface area contributed by atoms with E-state index in [2.05, 4.69) is 31.1 Å². The fourth-order valence-electron chi connectivity index (χ4n) is 2.17. The molecule has 0 unspecified atom stereocenters. The van der Waals surface area contributed by atoms with E-state index in [4.69, 9.17) is 4.74 Å². The van der Waals surface area contributed by atoms with Crippen molar-refractivity contribution in [3.8, 4) is 17.1 Å². The summed E-state index contributed by atoms with van der Waals surface area (Å²) in [6, 6.07) is 14.9. The van der Waals surface area contributed by atoms with E-state index in [0.29, 0.717) is 22.3 Å². The highest BCUT2D eigenvalue weighted by atomic mass is 79.9. The molecule has 1 aromatic heterocycles. The van der Waals surface area contributed by atoms with E-state index in [1.165, 1.54) is 11.8 Å². The number of ether oxygens (including phenoxy) is 1. The third kappa shape index (κ3) is 3.68. The van der Waals surface area contributed by atoms with Gasteiger partial charge in [0.15, 0.2) is 11.6 Å². The van der Waals surface area contributed by atoms with E-state index in [0.717, 1.165) is 10.0 Å². The van der Waals surface area contributed by atoms with Crippen molar-refractivity contribution in [3.63, 3.8) is 0 Å². The maximum Gasteiger partial charge on any atom is 0.209 e. The van der Waals surface area contributed by atoms with Gasteiger partial charge in [-0.1, -0.05) is 58.0 Å². The molecule has 7 heteroatoms. The number of benzene rings is 2. The standard InChI is InChI=1S/C17H14BrN3O2S/c1-23-15-9-5-3-7-12(15)14(22)10-24-17-19-16(20-21-17)11-6-2-4-8-13(11)18/h2-9H,10H2,1H3,(H,19,20,21). The Morgan fingerprint density at radius 2 is 1.96 bits per heavy atom. The number of nitrogens with zero attached hydrogens (tertiary/aromatic N) is 2. The number of thioether (sulfide) groups is 1. The number of ketones is 1. The highest BCUT2D eigenvalue weighted by Gasteiger charge is 2.14. The van der Waals surface area contributed by atoms with Gasteiger partial charge in [0, 0.05) is 10.0 Å². The maximum atomic E-state index is 12.4. The fraction of sp³-hybridized carbons (Fsp3) is 0.118. The van der Waals surface area contributed by atoms with Gasteiger partial charge in [0.25, 0.3) is 0 Å². The van der Waals surface area contributed by atoms with Gasteiger partial charge < -0.3 is 4.74 Å². The maximum absolute atomic E-state index is 12.4. The number of aromatic amines is 1. The summed E-state index contributed by atoms with van der Waals surface area (Å²) in [4.78, 5) is 16.8. The SMILES string of the molecule is COc1ccccc1C(=O)CSc1n[nH]c(-c2ccccc2Br)n1. The molecule has 0 radical (unpaired) electrons. The molecule has 0 amide bonds. The Balaban J connectivity index is 1.70. The number of rotatable bonds is 6. The van der Waals surface area contributed by atoms with Crippen LogP contribution in [0.2, 0.25) is 0 Å². The van der Waals surface area contributed by atoms with Gasteiger partial charge in [-0.15, -0.1) is 5.10 Å². The molecule has 0 aliphatic rings. The second kappa shape index (κ2) is 7.63. The zero-order valence-electron chi connectivity index (χ0n) is 12.8. The molecule has 0 fully saturated rings. The number of methoxy groups -OCH3 is 1. The molecule has 0 bridgehead atoms. The van der Waals surface area contributed by atoms with E-state index in [1.54, 1.807) is 19.2 Å². The number of para-hydroxylation sites is 1. The zero-order chi connectivity index (χ0) is 16.9. The highest BCUT2D eigenvalue weighted by molar-refractivity contribution is 9.10. The molecule has 0 aliphatic heterocycles. The lowest BCUT2D eigenvalue weighted by Gasteiger charge is -2.05. The number of H-pyrrole nitrogens is 1. The molecule has 0 saturated heterocycles.